The fraction of sp³-hybridized carbons (Fsp3) is 0.417. The molecule has 0 unspecified atom stereocenters. The Morgan fingerprint density at radius 2 is 2.18 bits per heavy atom. The molecule has 0 bridgehead atoms. The van der Waals surface area contributed by atoms with Crippen LogP contribution in [0, 0.1) is 5.82 Å². The number of likely N-dealkylation sites (N-methyl/N-ethyl adjacent to an activating group) is 1. The van der Waals surface area contributed by atoms with Crippen LogP contribution in [-0.4, -0.2) is 42.7 Å². The van der Waals surface area contributed by atoms with Gasteiger partial charge in [-0.15, -0.1) is 0 Å². The largest absolute Gasteiger partial charge is 0.395 e. The Balaban J connectivity index is 2.36. The van der Waals surface area contributed by atoms with Gasteiger partial charge < -0.3 is 10.4 Å². The summed E-state index contributed by atoms with van der Waals surface area (Å²) in [5.41, 5.74) is 0.464. The van der Waals surface area contributed by atoms with Crippen molar-refractivity contribution >= 4 is 5.91 Å². The minimum Gasteiger partial charge on any atom is -0.395 e. The minimum absolute atomic E-state index is 0.0110. The Hall–Kier alpha value is -1.46. The summed E-state index contributed by atoms with van der Waals surface area (Å²) in [4.78, 5) is 13.1. The topological polar surface area (TPSA) is 52.6 Å². The molecule has 17 heavy (non-hydrogen) atoms. The summed E-state index contributed by atoms with van der Waals surface area (Å²) >= 11 is 0. The summed E-state index contributed by atoms with van der Waals surface area (Å²) in [6.07, 6.45) is 0. The maximum Gasteiger partial charge on any atom is 0.234 e. The number of benzene rings is 1. The van der Waals surface area contributed by atoms with E-state index in [0.717, 1.165) is 0 Å². The molecule has 1 aromatic carbocycles. The second-order valence-corrected chi connectivity index (χ2v) is 3.83. The zero-order chi connectivity index (χ0) is 12.7. The van der Waals surface area contributed by atoms with E-state index in [1.54, 1.807) is 30.1 Å². The van der Waals surface area contributed by atoms with Gasteiger partial charge in [-0.1, -0.05) is 18.2 Å². The number of hydrogen-bond donors (Lipinski definition) is 2. The second-order valence-electron chi connectivity index (χ2n) is 3.83. The van der Waals surface area contributed by atoms with Crippen LogP contribution in [0.25, 0.3) is 0 Å². The first-order valence-electron chi connectivity index (χ1n) is 5.43. The van der Waals surface area contributed by atoms with Crippen LogP contribution >= 0.6 is 0 Å². The summed E-state index contributed by atoms with van der Waals surface area (Å²) in [6, 6.07) is 6.32. The summed E-state index contributed by atoms with van der Waals surface area (Å²) in [5, 5.41) is 11.3. The Morgan fingerprint density at radius 3 is 2.82 bits per heavy atom. The van der Waals surface area contributed by atoms with Crippen LogP contribution in [0.5, 0.6) is 0 Å². The van der Waals surface area contributed by atoms with Crippen molar-refractivity contribution in [3.05, 3.63) is 35.6 Å². The van der Waals surface area contributed by atoms with Crippen LogP contribution in [0.2, 0.25) is 0 Å². The van der Waals surface area contributed by atoms with E-state index in [-0.39, 0.29) is 31.4 Å². The molecule has 0 heterocycles. The molecule has 0 atom stereocenters. The number of nitrogens with one attached hydrogen (secondary N) is 1. The fourth-order valence-electron chi connectivity index (χ4n) is 1.39. The maximum atomic E-state index is 13.2. The van der Waals surface area contributed by atoms with Gasteiger partial charge >= 0.3 is 0 Å². The van der Waals surface area contributed by atoms with Crippen molar-refractivity contribution in [1.29, 1.82) is 0 Å². The van der Waals surface area contributed by atoms with Crippen LogP contribution < -0.4 is 5.32 Å². The molecule has 0 fully saturated rings. The zero-order valence-electron chi connectivity index (χ0n) is 9.82. The highest BCUT2D eigenvalue weighted by atomic mass is 19.1. The number of halogens is 1. The smallest absolute Gasteiger partial charge is 0.234 e. The minimum atomic E-state index is -0.323. The third-order valence-corrected chi connectivity index (χ3v) is 2.33. The number of amides is 1. The van der Waals surface area contributed by atoms with Crippen LogP contribution in [0.1, 0.15) is 5.56 Å². The fourth-order valence-corrected chi connectivity index (χ4v) is 1.39. The number of carbonyl (C=O) groups is 1. The molecule has 0 aliphatic carbocycles. The molecule has 0 saturated heterocycles. The Kier molecular flexibility index (Phi) is 5.59. The van der Waals surface area contributed by atoms with Gasteiger partial charge in [-0.05, 0) is 13.1 Å². The SMILES string of the molecule is CN(CCO)CC(=O)NCc1ccccc1F. The van der Waals surface area contributed by atoms with Crippen molar-refractivity contribution in [2.45, 2.75) is 6.54 Å². The molecule has 0 aliphatic heterocycles. The normalized spacial score (nSPS) is 10.6. The summed E-state index contributed by atoms with van der Waals surface area (Å²) in [7, 11) is 1.74. The zero-order valence-corrected chi connectivity index (χ0v) is 9.82. The quantitative estimate of drug-likeness (QED) is 0.755. The Morgan fingerprint density at radius 1 is 1.47 bits per heavy atom. The molecule has 0 saturated carbocycles. The van der Waals surface area contributed by atoms with Crippen molar-refractivity contribution in [1.82, 2.24) is 10.2 Å². The Labute approximate surface area is 100 Å². The van der Waals surface area contributed by atoms with E-state index in [0.29, 0.717) is 12.1 Å². The lowest BCUT2D eigenvalue weighted by Gasteiger charge is -2.14. The highest BCUT2D eigenvalue weighted by molar-refractivity contribution is 5.77. The van der Waals surface area contributed by atoms with Crippen LogP contribution in [0.3, 0.4) is 0 Å². The van der Waals surface area contributed by atoms with Gasteiger partial charge in [-0.2, -0.15) is 0 Å². The molecule has 94 valence electrons. The predicted octanol–water partition coefficient (Wildman–Crippen LogP) is 0.366. The van der Waals surface area contributed by atoms with Crippen LogP contribution in [0.15, 0.2) is 24.3 Å². The molecule has 0 aromatic heterocycles. The van der Waals surface area contributed by atoms with Gasteiger partial charge in [-0.25, -0.2) is 4.39 Å². The lowest BCUT2D eigenvalue weighted by molar-refractivity contribution is -0.122. The first kappa shape index (κ1) is 13.6. The molecule has 1 aromatic rings. The predicted molar refractivity (Wildman–Crippen MR) is 62.8 cm³/mol. The van der Waals surface area contributed by atoms with Gasteiger partial charge in [0.2, 0.25) is 5.91 Å². The van der Waals surface area contributed by atoms with Gasteiger partial charge in [0.1, 0.15) is 5.82 Å². The van der Waals surface area contributed by atoms with E-state index in [4.69, 9.17) is 5.11 Å². The second kappa shape index (κ2) is 6.98. The first-order chi connectivity index (χ1) is 8.13. The van der Waals surface area contributed by atoms with E-state index >= 15 is 0 Å². The standard InChI is InChI=1S/C12H17FN2O2/c1-15(6-7-16)9-12(17)14-8-10-4-2-3-5-11(10)13/h2-5,16H,6-9H2,1H3,(H,14,17). The number of rotatable bonds is 6. The van der Waals surface area contributed by atoms with Gasteiger partial charge in [0, 0.05) is 18.7 Å². The molecular weight excluding hydrogens is 223 g/mol. The number of aliphatic hydroxyl groups excluding tert-OH is 1. The number of aliphatic hydroxyl groups is 1. The Bertz CT molecular complexity index is 371. The number of carbonyl (C=O) groups excluding carboxylic acids is 1. The van der Waals surface area contributed by atoms with E-state index in [9.17, 15) is 9.18 Å². The molecule has 0 radical (unpaired) electrons. The highest BCUT2D eigenvalue weighted by Crippen LogP contribution is 2.05. The number of hydrogen-bond acceptors (Lipinski definition) is 3. The third kappa shape index (κ3) is 4.93. The molecule has 0 spiro atoms. The van der Waals surface area contributed by atoms with Crippen molar-refractivity contribution < 1.29 is 14.3 Å². The number of nitrogens with zero attached hydrogens (tertiary/aromatic N) is 1. The molecule has 2 N–H and O–H groups in total. The van der Waals surface area contributed by atoms with E-state index in [1.807, 2.05) is 0 Å². The lowest BCUT2D eigenvalue weighted by Crippen LogP contribution is -2.36. The molecular formula is C12H17FN2O2. The van der Waals surface area contributed by atoms with Crippen molar-refractivity contribution in [2.24, 2.45) is 0 Å². The van der Waals surface area contributed by atoms with Crippen LogP contribution in [-0.2, 0) is 11.3 Å². The van der Waals surface area contributed by atoms with Crippen molar-refractivity contribution in [3.8, 4) is 0 Å². The van der Waals surface area contributed by atoms with Crippen molar-refractivity contribution in [3.63, 3.8) is 0 Å². The third-order valence-electron chi connectivity index (χ3n) is 2.33. The van der Waals surface area contributed by atoms with Gasteiger partial charge in [0.25, 0.3) is 0 Å². The average Bonchev–Trinajstić information content (AvgIpc) is 2.28. The highest BCUT2D eigenvalue weighted by Gasteiger charge is 2.06. The molecule has 0 aliphatic rings. The molecule has 1 rings (SSSR count). The molecule has 1 amide bonds. The van der Waals surface area contributed by atoms with E-state index < -0.39 is 0 Å². The van der Waals surface area contributed by atoms with Gasteiger partial charge in [-0.3, -0.25) is 9.69 Å². The molecule has 4 nitrogen and oxygen atoms in total. The van der Waals surface area contributed by atoms with Gasteiger partial charge in [0.05, 0.1) is 13.2 Å². The van der Waals surface area contributed by atoms with E-state index in [2.05, 4.69) is 5.32 Å². The summed E-state index contributed by atoms with van der Waals surface area (Å²) in [6.45, 7) is 0.817. The van der Waals surface area contributed by atoms with Crippen molar-refractivity contribution in [2.75, 3.05) is 26.7 Å². The monoisotopic (exact) mass is 240 g/mol. The average molecular weight is 240 g/mol. The summed E-state index contributed by atoms with van der Waals surface area (Å²) < 4.78 is 13.2. The first-order valence-corrected chi connectivity index (χ1v) is 5.43. The maximum absolute atomic E-state index is 13.2. The molecule has 5 heteroatoms. The van der Waals surface area contributed by atoms with Gasteiger partial charge in [0.15, 0.2) is 0 Å². The van der Waals surface area contributed by atoms with E-state index in [1.165, 1.54) is 6.07 Å². The lowest BCUT2D eigenvalue weighted by atomic mass is 10.2. The summed E-state index contributed by atoms with van der Waals surface area (Å²) in [5.74, 6) is -0.513. The van der Waals surface area contributed by atoms with Crippen LogP contribution in [0.4, 0.5) is 4.39 Å².